The second kappa shape index (κ2) is 5.25. The summed E-state index contributed by atoms with van der Waals surface area (Å²) in [5.41, 5.74) is 0.400. The molecule has 0 radical (unpaired) electrons. The Morgan fingerprint density at radius 2 is 2.20 bits per heavy atom. The topological polar surface area (TPSA) is 64.6 Å². The van der Waals surface area contributed by atoms with E-state index in [2.05, 4.69) is 5.32 Å². The lowest BCUT2D eigenvalue weighted by Gasteiger charge is -2.28. The number of fused-ring (bicyclic) bond motifs is 2. The van der Waals surface area contributed by atoms with Crippen molar-refractivity contribution in [3.63, 3.8) is 0 Å². The predicted molar refractivity (Wildman–Crippen MR) is 71.8 cm³/mol. The number of Topliss-reactive ketones (excluding diaryl/α,β-unsaturated/α-hetero) is 1. The maximum absolute atomic E-state index is 12.1. The third kappa shape index (κ3) is 2.41. The zero-order valence-electron chi connectivity index (χ0n) is 11.3. The molecule has 1 N–H and O–H groups in total. The van der Waals surface area contributed by atoms with Crippen molar-refractivity contribution in [2.45, 2.75) is 37.5 Å². The monoisotopic (exact) mass is 275 g/mol. The van der Waals surface area contributed by atoms with Gasteiger partial charge in [-0.15, -0.1) is 0 Å². The largest absolute Gasteiger partial charge is 0.497 e. The Morgan fingerprint density at radius 3 is 3.00 bits per heavy atom. The lowest BCUT2D eigenvalue weighted by molar-refractivity contribution is -0.131. The number of nitrogens with one attached hydrogen (secondary N) is 1. The molecule has 2 aliphatic heterocycles. The molecule has 20 heavy (non-hydrogen) atoms. The molecule has 0 aromatic heterocycles. The van der Waals surface area contributed by atoms with E-state index >= 15 is 0 Å². The Morgan fingerprint density at radius 1 is 1.35 bits per heavy atom. The van der Waals surface area contributed by atoms with Crippen LogP contribution in [-0.4, -0.2) is 37.0 Å². The number of esters is 1. The minimum atomic E-state index is -0.660. The summed E-state index contributed by atoms with van der Waals surface area (Å²) in [6.07, 6.45) is 1.65. The van der Waals surface area contributed by atoms with Crippen molar-refractivity contribution in [3.05, 3.63) is 29.8 Å². The molecule has 1 aromatic carbocycles. The molecule has 1 aromatic rings. The average Bonchev–Trinajstić information content (AvgIpc) is 2.86. The van der Waals surface area contributed by atoms with Gasteiger partial charge in [-0.2, -0.15) is 0 Å². The van der Waals surface area contributed by atoms with Crippen molar-refractivity contribution >= 4 is 11.8 Å². The van der Waals surface area contributed by atoms with E-state index in [1.165, 1.54) is 7.11 Å². The summed E-state index contributed by atoms with van der Waals surface area (Å²) in [7, 11) is 1.54. The minimum Gasteiger partial charge on any atom is -0.497 e. The molecule has 0 amide bonds. The second-order valence-electron chi connectivity index (χ2n) is 5.28. The highest BCUT2D eigenvalue weighted by molar-refractivity contribution is 5.94. The van der Waals surface area contributed by atoms with Crippen molar-refractivity contribution in [1.82, 2.24) is 5.32 Å². The van der Waals surface area contributed by atoms with Crippen molar-refractivity contribution < 1.29 is 19.1 Å². The van der Waals surface area contributed by atoms with E-state index in [4.69, 9.17) is 9.47 Å². The van der Waals surface area contributed by atoms with Gasteiger partial charge in [0.25, 0.3) is 0 Å². The first kappa shape index (κ1) is 13.1. The number of benzene rings is 1. The molecule has 0 aliphatic carbocycles. The van der Waals surface area contributed by atoms with Gasteiger partial charge in [0.05, 0.1) is 18.7 Å². The number of carbonyl (C=O) groups is 2. The number of carbonyl (C=O) groups excluding carboxylic acids is 2. The van der Waals surface area contributed by atoms with Crippen LogP contribution in [-0.2, 0) is 9.53 Å². The van der Waals surface area contributed by atoms with E-state index in [1.54, 1.807) is 24.3 Å². The van der Waals surface area contributed by atoms with E-state index < -0.39 is 12.1 Å². The number of ketones is 1. The van der Waals surface area contributed by atoms with Crippen LogP contribution in [0.15, 0.2) is 24.3 Å². The summed E-state index contributed by atoms with van der Waals surface area (Å²) in [5, 5.41) is 3.33. The van der Waals surface area contributed by atoms with E-state index in [1.807, 2.05) is 0 Å². The normalized spacial score (nSPS) is 28.2. The predicted octanol–water partition coefficient (Wildman–Crippen LogP) is 1.31. The average molecular weight is 275 g/mol. The van der Waals surface area contributed by atoms with Crippen molar-refractivity contribution in [2.24, 2.45) is 0 Å². The van der Waals surface area contributed by atoms with E-state index in [-0.39, 0.29) is 17.9 Å². The van der Waals surface area contributed by atoms with Crippen molar-refractivity contribution in [2.75, 3.05) is 7.11 Å². The van der Waals surface area contributed by atoms with Crippen LogP contribution in [0.4, 0.5) is 0 Å². The van der Waals surface area contributed by atoms with Gasteiger partial charge in [0.15, 0.2) is 11.9 Å². The van der Waals surface area contributed by atoms with Gasteiger partial charge in [0.2, 0.25) is 0 Å². The first-order valence-electron chi connectivity index (χ1n) is 6.81. The Balaban J connectivity index is 1.73. The van der Waals surface area contributed by atoms with Crippen LogP contribution in [0.5, 0.6) is 5.75 Å². The van der Waals surface area contributed by atoms with Crippen molar-refractivity contribution in [1.29, 1.82) is 0 Å². The highest BCUT2D eigenvalue weighted by Crippen LogP contribution is 2.27. The first-order valence-corrected chi connectivity index (χ1v) is 6.81. The summed E-state index contributed by atoms with van der Waals surface area (Å²) in [5.74, 6) is 0.135. The standard InChI is InChI=1S/C15H17NO4/c1-19-11-4-2-3-9(7-11)15(18)20-14-12-6-5-10(16-12)8-13(14)17/h2-4,7,10,12,14,16H,5-6,8H2,1H3/t10-,12+,14+/m0/s1. The molecule has 0 saturated carbocycles. The van der Waals surface area contributed by atoms with Gasteiger partial charge in [-0.1, -0.05) is 6.07 Å². The van der Waals surface area contributed by atoms with E-state index in [9.17, 15) is 9.59 Å². The molecule has 2 fully saturated rings. The van der Waals surface area contributed by atoms with Gasteiger partial charge >= 0.3 is 5.97 Å². The highest BCUT2D eigenvalue weighted by atomic mass is 16.5. The molecule has 2 saturated heterocycles. The lowest BCUT2D eigenvalue weighted by atomic mass is 10.0. The summed E-state index contributed by atoms with van der Waals surface area (Å²) >= 11 is 0. The number of hydrogen-bond donors (Lipinski definition) is 1. The van der Waals surface area contributed by atoms with Crippen LogP contribution in [0.2, 0.25) is 0 Å². The van der Waals surface area contributed by atoms with Crippen LogP contribution < -0.4 is 10.1 Å². The molecule has 0 unspecified atom stereocenters. The molecular formula is C15H17NO4. The van der Waals surface area contributed by atoms with E-state index in [0.717, 1.165) is 12.8 Å². The maximum Gasteiger partial charge on any atom is 0.339 e. The highest BCUT2D eigenvalue weighted by Gasteiger charge is 2.43. The number of hydrogen-bond acceptors (Lipinski definition) is 5. The zero-order valence-corrected chi connectivity index (χ0v) is 11.3. The fourth-order valence-corrected chi connectivity index (χ4v) is 2.91. The smallest absolute Gasteiger partial charge is 0.339 e. The summed E-state index contributed by atoms with van der Waals surface area (Å²) in [4.78, 5) is 24.1. The van der Waals surface area contributed by atoms with Gasteiger partial charge < -0.3 is 14.8 Å². The van der Waals surface area contributed by atoms with Gasteiger partial charge in [0, 0.05) is 12.5 Å². The summed E-state index contributed by atoms with van der Waals surface area (Å²) in [6.45, 7) is 0. The molecule has 5 nitrogen and oxygen atoms in total. The molecule has 2 aliphatic rings. The van der Waals surface area contributed by atoms with Crippen molar-refractivity contribution in [3.8, 4) is 5.75 Å². The number of piperidine rings is 1. The third-order valence-electron chi connectivity index (χ3n) is 3.95. The third-order valence-corrected chi connectivity index (χ3v) is 3.95. The molecule has 5 heteroatoms. The van der Waals surface area contributed by atoms with Gasteiger partial charge in [0.1, 0.15) is 5.75 Å². The summed E-state index contributed by atoms with van der Waals surface area (Å²) in [6, 6.07) is 6.98. The number of ether oxygens (including phenoxy) is 2. The number of methoxy groups -OCH3 is 1. The second-order valence-corrected chi connectivity index (χ2v) is 5.28. The Bertz CT molecular complexity index is 542. The zero-order chi connectivity index (χ0) is 14.1. The van der Waals surface area contributed by atoms with Gasteiger partial charge in [-0.25, -0.2) is 4.79 Å². The van der Waals surface area contributed by atoms with Crippen LogP contribution in [0.1, 0.15) is 29.6 Å². The molecule has 2 bridgehead atoms. The molecule has 106 valence electrons. The summed E-state index contributed by atoms with van der Waals surface area (Å²) < 4.78 is 10.5. The number of rotatable bonds is 3. The van der Waals surface area contributed by atoms with Crippen LogP contribution in [0.3, 0.4) is 0 Å². The van der Waals surface area contributed by atoms with Gasteiger partial charge in [-0.3, -0.25) is 4.79 Å². The van der Waals surface area contributed by atoms with Gasteiger partial charge in [-0.05, 0) is 31.0 Å². The fourth-order valence-electron chi connectivity index (χ4n) is 2.91. The SMILES string of the molecule is COc1cccc(C(=O)O[C@H]2C(=O)C[C@@H]3CC[C@H]2N3)c1. The Labute approximate surface area is 117 Å². The molecule has 3 atom stereocenters. The Hall–Kier alpha value is -1.88. The lowest BCUT2D eigenvalue weighted by Crippen LogP contribution is -2.51. The first-order chi connectivity index (χ1) is 9.67. The molecule has 2 heterocycles. The fraction of sp³-hybridized carbons (Fsp3) is 0.467. The molecule has 3 rings (SSSR count). The van der Waals surface area contributed by atoms with Crippen LogP contribution in [0, 0.1) is 0 Å². The maximum atomic E-state index is 12.1. The molecular weight excluding hydrogens is 258 g/mol. The van der Waals surface area contributed by atoms with Crippen LogP contribution >= 0.6 is 0 Å². The molecule has 0 spiro atoms. The quantitative estimate of drug-likeness (QED) is 0.843. The van der Waals surface area contributed by atoms with E-state index in [0.29, 0.717) is 17.7 Å². The van der Waals surface area contributed by atoms with Crippen LogP contribution in [0.25, 0.3) is 0 Å². The minimum absolute atomic E-state index is 0.0208. The Kier molecular flexibility index (Phi) is 3.44.